The standard InChI is InChI=1S/C21H22F2N4O4/c1-11(2)25-9-10-27-16(21(25)31)17(28)19(29)24-18(27)14-7-4-8-26(14)20(30)15-12(22)5-3-6-13(15)23/h3,5-6,11,14,28H,4,7-10H2,1-2H3. The van der Waals surface area contributed by atoms with Crippen LogP contribution >= 0.6 is 0 Å². The summed E-state index contributed by atoms with van der Waals surface area (Å²) in [6.45, 7) is 4.47. The molecule has 2 aliphatic heterocycles. The highest BCUT2D eigenvalue weighted by atomic mass is 19.1. The van der Waals surface area contributed by atoms with E-state index in [2.05, 4.69) is 4.98 Å². The summed E-state index contributed by atoms with van der Waals surface area (Å²) in [6.07, 6.45) is 0.936. The number of hydrogen-bond acceptors (Lipinski definition) is 5. The molecule has 10 heteroatoms. The first-order valence-electron chi connectivity index (χ1n) is 10.1. The maximum absolute atomic E-state index is 14.2. The number of fused-ring (bicyclic) bond motifs is 1. The van der Waals surface area contributed by atoms with E-state index >= 15 is 0 Å². The summed E-state index contributed by atoms with van der Waals surface area (Å²) < 4.78 is 29.9. The minimum atomic E-state index is -0.976. The van der Waals surface area contributed by atoms with E-state index in [0.717, 1.165) is 12.1 Å². The van der Waals surface area contributed by atoms with E-state index in [1.807, 2.05) is 13.8 Å². The molecule has 31 heavy (non-hydrogen) atoms. The van der Waals surface area contributed by atoms with Gasteiger partial charge < -0.3 is 19.5 Å². The second kappa shape index (κ2) is 7.75. The van der Waals surface area contributed by atoms with Crippen LogP contribution in [0.25, 0.3) is 0 Å². The van der Waals surface area contributed by atoms with E-state index in [0.29, 0.717) is 19.4 Å². The average molecular weight is 432 g/mol. The van der Waals surface area contributed by atoms with Gasteiger partial charge in [0.05, 0.1) is 6.04 Å². The van der Waals surface area contributed by atoms with E-state index < -0.39 is 46.4 Å². The molecule has 0 bridgehead atoms. The summed E-state index contributed by atoms with van der Waals surface area (Å²) in [6, 6.07) is 2.29. The van der Waals surface area contributed by atoms with E-state index in [1.165, 1.54) is 20.4 Å². The molecule has 0 radical (unpaired) electrons. The Hall–Kier alpha value is -3.30. The number of carbonyl (C=O) groups excluding carboxylic acids is 2. The molecule has 1 aromatic heterocycles. The van der Waals surface area contributed by atoms with Crippen molar-refractivity contribution < 1.29 is 23.5 Å². The predicted molar refractivity (Wildman–Crippen MR) is 106 cm³/mol. The maximum atomic E-state index is 14.2. The van der Waals surface area contributed by atoms with Crippen molar-refractivity contribution in [2.75, 3.05) is 13.1 Å². The summed E-state index contributed by atoms with van der Waals surface area (Å²) in [5.74, 6) is -3.91. The molecule has 0 saturated carbocycles. The number of amides is 2. The SMILES string of the molecule is CC(C)N1CCn2c(C3CCCN3C(=O)c3c(F)cccc3F)nc(=O)c(O)c2C1=O. The summed E-state index contributed by atoms with van der Waals surface area (Å²) in [5, 5.41) is 10.3. The topological polar surface area (TPSA) is 95.7 Å². The lowest BCUT2D eigenvalue weighted by Crippen LogP contribution is -2.47. The summed E-state index contributed by atoms with van der Waals surface area (Å²) in [5.41, 5.74) is -1.82. The normalized spacial score (nSPS) is 18.6. The number of aromatic nitrogens is 2. The van der Waals surface area contributed by atoms with Crippen molar-refractivity contribution in [3.05, 3.63) is 57.3 Å². The Morgan fingerprint density at radius 1 is 1.16 bits per heavy atom. The molecule has 1 N–H and O–H groups in total. The fraction of sp³-hybridized carbons (Fsp3) is 0.429. The van der Waals surface area contributed by atoms with Crippen molar-refractivity contribution in [3.63, 3.8) is 0 Å². The van der Waals surface area contributed by atoms with Crippen LogP contribution in [0.4, 0.5) is 8.78 Å². The van der Waals surface area contributed by atoms with Gasteiger partial charge in [0.1, 0.15) is 23.0 Å². The van der Waals surface area contributed by atoms with E-state index in [1.54, 1.807) is 0 Å². The van der Waals surface area contributed by atoms with Gasteiger partial charge in [-0.25, -0.2) is 8.78 Å². The first-order valence-corrected chi connectivity index (χ1v) is 10.1. The van der Waals surface area contributed by atoms with Crippen molar-refractivity contribution in [2.24, 2.45) is 0 Å². The number of nitrogens with zero attached hydrogens (tertiary/aromatic N) is 4. The number of hydrogen-bond donors (Lipinski definition) is 1. The molecule has 3 heterocycles. The lowest BCUT2D eigenvalue weighted by molar-refractivity contribution is 0.0629. The smallest absolute Gasteiger partial charge is 0.315 e. The van der Waals surface area contributed by atoms with Gasteiger partial charge in [-0.1, -0.05) is 6.07 Å². The Labute approximate surface area is 176 Å². The van der Waals surface area contributed by atoms with E-state index in [4.69, 9.17) is 0 Å². The van der Waals surface area contributed by atoms with Crippen LogP contribution in [-0.2, 0) is 6.54 Å². The third kappa shape index (κ3) is 3.35. The molecule has 1 atom stereocenters. The van der Waals surface area contributed by atoms with Crippen molar-refractivity contribution in [2.45, 2.75) is 45.3 Å². The minimum absolute atomic E-state index is 0.136. The second-order valence-corrected chi connectivity index (χ2v) is 7.97. The summed E-state index contributed by atoms with van der Waals surface area (Å²) >= 11 is 0. The molecule has 8 nitrogen and oxygen atoms in total. The number of carbonyl (C=O) groups is 2. The Morgan fingerprint density at radius 2 is 1.84 bits per heavy atom. The highest BCUT2D eigenvalue weighted by molar-refractivity contribution is 5.96. The minimum Gasteiger partial charge on any atom is -0.501 e. The fourth-order valence-electron chi connectivity index (χ4n) is 4.32. The van der Waals surface area contributed by atoms with E-state index in [9.17, 15) is 28.3 Å². The molecule has 1 saturated heterocycles. The highest BCUT2D eigenvalue weighted by Crippen LogP contribution is 2.35. The molecular formula is C21H22F2N4O4. The van der Waals surface area contributed by atoms with Crippen LogP contribution in [0.3, 0.4) is 0 Å². The number of halogens is 2. The Kier molecular flexibility index (Phi) is 5.24. The zero-order valence-electron chi connectivity index (χ0n) is 17.1. The van der Waals surface area contributed by atoms with Gasteiger partial charge in [0.25, 0.3) is 11.8 Å². The average Bonchev–Trinajstić information content (AvgIpc) is 3.19. The number of benzene rings is 1. The van der Waals surface area contributed by atoms with Crippen molar-refractivity contribution in [3.8, 4) is 5.75 Å². The zero-order valence-corrected chi connectivity index (χ0v) is 17.1. The molecule has 0 aliphatic carbocycles. The molecule has 1 aromatic carbocycles. The summed E-state index contributed by atoms with van der Waals surface area (Å²) in [7, 11) is 0. The lowest BCUT2D eigenvalue weighted by atomic mass is 10.1. The molecule has 2 amide bonds. The third-order valence-electron chi connectivity index (χ3n) is 5.83. The highest BCUT2D eigenvalue weighted by Gasteiger charge is 2.39. The number of likely N-dealkylation sites (tertiary alicyclic amines) is 1. The van der Waals surface area contributed by atoms with Gasteiger partial charge in [0.15, 0.2) is 5.69 Å². The van der Waals surface area contributed by atoms with Crippen LogP contribution in [0.15, 0.2) is 23.0 Å². The molecular weight excluding hydrogens is 410 g/mol. The monoisotopic (exact) mass is 432 g/mol. The molecule has 164 valence electrons. The first-order chi connectivity index (χ1) is 14.7. The Balaban J connectivity index is 1.80. The van der Waals surface area contributed by atoms with Gasteiger partial charge in [-0.15, -0.1) is 0 Å². The second-order valence-electron chi connectivity index (χ2n) is 7.97. The third-order valence-corrected chi connectivity index (χ3v) is 5.83. The van der Waals surface area contributed by atoms with Crippen molar-refractivity contribution in [1.82, 2.24) is 19.4 Å². The van der Waals surface area contributed by atoms with Gasteiger partial charge in [-0.05, 0) is 38.8 Å². The maximum Gasteiger partial charge on any atom is 0.315 e. The van der Waals surface area contributed by atoms with Gasteiger partial charge in [0.2, 0.25) is 5.75 Å². The van der Waals surface area contributed by atoms with Gasteiger partial charge in [-0.2, -0.15) is 4.98 Å². The van der Waals surface area contributed by atoms with Crippen LogP contribution < -0.4 is 5.56 Å². The first kappa shape index (κ1) is 21.0. The van der Waals surface area contributed by atoms with Crippen LogP contribution in [-0.4, -0.2) is 55.4 Å². The molecule has 0 spiro atoms. The predicted octanol–water partition coefficient (Wildman–Crippen LogP) is 2.07. The Bertz CT molecular complexity index is 1110. The van der Waals surface area contributed by atoms with Gasteiger partial charge >= 0.3 is 5.56 Å². The van der Waals surface area contributed by atoms with E-state index in [-0.39, 0.29) is 30.6 Å². The Morgan fingerprint density at radius 3 is 2.48 bits per heavy atom. The van der Waals surface area contributed by atoms with Crippen molar-refractivity contribution >= 4 is 11.8 Å². The van der Waals surface area contributed by atoms with Crippen LogP contribution in [0, 0.1) is 11.6 Å². The van der Waals surface area contributed by atoms with Crippen LogP contribution in [0.5, 0.6) is 5.75 Å². The molecule has 4 rings (SSSR count). The molecule has 2 aromatic rings. The molecule has 1 unspecified atom stereocenters. The van der Waals surface area contributed by atoms with Gasteiger partial charge in [-0.3, -0.25) is 14.4 Å². The lowest BCUT2D eigenvalue weighted by Gasteiger charge is -2.35. The quantitative estimate of drug-likeness (QED) is 0.801. The number of rotatable bonds is 3. The fourth-order valence-corrected chi connectivity index (χ4v) is 4.32. The van der Waals surface area contributed by atoms with Crippen LogP contribution in [0.1, 0.15) is 59.4 Å². The number of aromatic hydroxyl groups is 1. The molecule has 1 fully saturated rings. The summed E-state index contributed by atoms with van der Waals surface area (Å²) in [4.78, 5) is 45.1. The largest absolute Gasteiger partial charge is 0.501 e. The van der Waals surface area contributed by atoms with Gasteiger partial charge in [0, 0.05) is 25.7 Å². The van der Waals surface area contributed by atoms with Crippen LogP contribution in [0.2, 0.25) is 0 Å². The zero-order chi connectivity index (χ0) is 22.4. The molecule has 2 aliphatic rings. The van der Waals surface area contributed by atoms with Crippen molar-refractivity contribution in [1.29, 1.82) is 0 Å².